The number of hydrogen-bond acceptors (Lipinski definition) is 4. The lowest BCUT2D eigenvalue weighted by Crippen LogP contribution is -2.31. The lowest BCUT2D eigenvalue weighted by atomic mass is 10.3. The third kappa shape index (κ3) is 3.03. The zero-order valence-corrected chi connectivity index (χ0v) is 11.0. The Morgan fingerprint density at radius 2 is 2.10 bits per heavy atom. The molecule has 0 radical (unpaired) electrons. The van der Waals surface area contributed by atoms with E-state index in [-0.39, 0.29) is 6.54 Å². The van der Waals surface area contributed by atoms with Crippen molar-refractivity contribution >= 4 is 5.97 Å². The highest BCUT2D eigenvalue weighted by Gasteiger charge is 2.30. The molecular formula is C14H16N4O2. The van der Waals surface area contributed by atoms with Crippen LogP contribution < -0.4 is 0 Å². The van der Waals surface area contributed by atoms with Gasteiger partial charge < -0.3 is 5.11 Å². The first-order valence-corrected chi connectivity index (χ1v) is 6.65. The van der Waals surface area contributed by atoms with Gasteiger partial charge in [-0.3, -0.25) is 9.69 Å². The molecule has 0 aliphatic heterocycles. The molecule has 1 fully saturated rings. The van der Waals surface area contributed by atoms with Crippen molar-refractivity contribution < 1.29 is 9.90 Å². The van der Waals surface area contributed by atoms with E-state index in [0.717, 1.165) is 24.2 Å². The van der Waals surface area contributed by atoms with Gasteiger partial charge in [-0.2, -0.15) is 15.0 Å². The number of para-hydroxylation sites is 1. The number of benzene rings is 1. The van der Waals surface area contributed by atoms with Gasteiger partial charge in [0.25, 0.3) is 0 Å². The lowest BCUT2D eigenvalue weighted by molar-refractivity contribution is -0.138. The Balaban J connectivity index is 1.71. The van der Waals surface area contributed by atoms with E-state index < -0.39 is 5.97 Å². The number of hydrogen-bond donors (Lipinski definition) is 1. The van der Waals surface area contributed by atoms with E-state index in [1.807, 2.05) is 35.2 Å². The van der Waals surface area contributed by atoms with Crippen LogP contribution in [0.4, 0.5) is 0 Å². The van der Waals surface area contributed by atoms with Crippen molar-refractivity contribution in [3.05, 3.63) is 42.2 Å². The fourth-order valence-corrected chi connectivity index (χ4v) is 2.19. The van der Waals surface area contributed by atoms with Gasteiger partial charge in [0.05, 0.1) is 24.1 Å². The fraction of sp³-hybridized carbons (Fsp3) is 0.357. The summed E-state index contributed by atoms with van der Waals surface area (Å²) in [5.41, 5.74) is 1.69. The molecule has 6 heteroatoms. The van der Waals surface area contributed by atoms with E-state index in [4.69, 9.17) is 5.11 Å². The van der Waals surface area contributed by atoms with Crippen LogP contribution in [0.25, 0.3) is 5.69 Å². The van der Waals surface area contributed by atoms with E-state index in [9.17, 15) is 4.79 Å². The summed E-state index contributed by atoms with van der Waals surface area (Å²) in [4.78, 5) is 14.4. The molecule has 20 heavy (non-hydrogen) atoms. The number of aliphatic carboxylic acids is 1. The number of carboxylic acid groups (broad SMARTS) is 1. The van der Waals surface area contributed by atoms with Crippen LogP contribution in [-0.2, 0) is 11.3 Å². The molecule has 1 aliphatic rings. The number of carboxylic acids is 1. The maximum absolute atomic E-state index is 10.9. The summed E-state index contributed by atoms with van der Waals surface area (Å²) < 4.78 is 0. The SMILES string of the molecule is O=C(O)CN(Cc1cnn(-c2ccccc2)n1)C1CC1. The molecule has 0 unspecified atom stereocenters. The first-order valence-electron chi connectivity index (χ1n) is 6.65. The molecule has 6 nitrogen and oxygen atoms in total. The quantitative estimate of drug-likeness (QED) is 0.858. The smallest absolute Gasteiger partial charge is 0.317 e. The number of aromatic nitrogens is 3. The van der Waals surface area contributed by atoms with E-state index in [2.05, 4.69) is 10.2 Å². The molecule has 1 aromatic carbocycles. The Labute approximate surface area is 116 Å². The predicted molar refractivity (Wildman–Crippen MR) is 72.4 cm³/mol. The Morgan fingerprint density at radius 3 is 2.75 bits per heavy atom. The van der Waals surface area contributed by atoms with Crippen LogP contribution in [0.15, 0.2) is 36.5 Å². The molecule has 0 bridgehead atoms. The summed E-state index contributed by atoms with van der Waals surface area (Å²) in [5.74, 6) is -0.799. The third-order valence-electron chi connectivity index (χ3n) is 3.29. The van der Waals surface area contributed by atoms with Crippen molar-refractivity contribution in [2.75, 3.05) is 6.54 Å². The summed E-state index contributed by atoms with van der Waals surface area (Å²) >= 11 is 0. The molecule has 1 heterocycles. The number of nitrogens with zero attached hydrogens (tertiary/aromatic N) is 4. The largest absolute Gasteiger partial charge is 0.480 e. The van der Waals surface area contributed by atoms with Crippen LogP contribution in [0, 0.1) is 0 Å². The summed E-state index contributed by atoms with van der Waals surface area (Å²) in [6.45, 7) is 0.590. The zero-order chi connectivity index (χ0) is 13.9. The summed E-state index contributed by atoms with van der Waals surface area (Å²) in [6, 6.07) is 10.0. The van der Waals surface area contributed by atoms with Gasteiger partial charge in [0.15, 0.2) is 0 Å². The average molecular weight is 272 g/mol. The molecule has 1 N–H and O–H groups in total. The van der Waals surface area contributed by atoms with Crippen LogP contribution >= 0.6 is 0 Å². The topological polar surface area (TPSA) is 71.2 Å². The minimum absolute atomic E-state index is 0.0584. The van der Waals surface area contributed by atoms with Crippen LogP contribution in [0.5, 0.6) is 0 Å². The molecule has 0 atom stereocenters. The van der Waals surface area contributed by atoms with Crippen molar-refractivity contribution in [3.8, 4) is 5.69 Å². The van der Waals surface area contributed by atoms with Crippen molar-refractivity contribution in [2.24, 2.45) is 0 Å². The monoisotopic (exact) mass is 272 g/mol. The molecule has 1 aromatic heterocycles. The highest BCUT2D eigenvalue weighted by molar-refractivity contribution is 5.69. The van der Waals surface area contributed by atoms with Crippen molar-refractivity contribution in [3.63, 3.8) is 0 Å². The van der Waals surface area contributed by atoms with E-state index in [1.165, 1.54) is 0 Å². The van der Waals surface area contributed by atoms with Crippen molar-refractivity contribution in [2.45, 2.75) is 25.4 Å². The second-order valence-electron chi connectivity index (χ2n) is 4.99. The standard InChI is InChI=1S/C14H16N4O2/c19-14(20)10-17(12-6-7-12)9-11-8-15-18(16-11)13-4-2-1-3-5-13/h1-5,8,12H,6-7,9-10H2,(H,19,20). The van der Waals surface area contributed by atoms with Gasteiger partial charge in [0.1, 0.15) is 0 Å². The lowest BCUT2D eigenvalue weighted by Gasteiger charge is -2.17. The van der Waals surface area contributed by atoms with E-state index in [1.54, 1.807) is 11.0 Å². The zero-order valence-electron chi connectivity index (χ0n) is 11.0. The molecule has 0 spiro atoms. The van der Waals surface area contributed by atoms with E-state index >= 15 is 0 Å². The maximum atomic E-state index is 10.9. The second-order valence-corrected chi connectivity index (χ2v) is 4.99. The maximum Gasteiger partial charge on any atom is 0.317 e. The summed E-state index contributed by atoms with van der Waals surface area (Å²) in [5, 5.41) is 17.6. The van der Waals surface area contributed by atoms with Crippen LogP contribution in [0.3, 0.4) is 0 Å². The highest BCUT2D eigenvalue weighted by atomic mass is 16.4. The predicted octanol–water partition coefficient (Wildman–Crippen LogP) is 1.32. The molecule has 1 saturated carbocycles. The van der Waals surface area contributed by atoms with Gasteiger partial charge in [0.2, 0.25) is 0 Å². The second kappa shape index (κ2) is 5.42. The first kappa shape index (κ1) is 12.8. The third-order valence-corrected chi connectivity index (χ3v) is 3.29. The van der Waals surface area contributed by atoms with Gasteiger partial charge in [-0.05, 0) is 25.0 Å². The summed E-state index contributed by atoms with van der Waals surface area (Å²) in [6.07, 6.45) is 3.84. The van der Waals surface area contributed by atoms with E-state index in [0.29, 0.717) is 12.6 Å². The molecule has 0 saturated heterocycles. The Morgan fingerprint density at radius 1 is 1.35 bits per heavy atom. The highest BCUT2D eigenvalue weighted by Crippen LogP contribution is 2.27. The number of carbonyl (C=O) groups is 1. The van der Waals surface area contributed by atoms with Crippen LogP contribution in [0.2, 0.25) is 0 Å². The molecule has 3 rings (SSSR count). The molecule has 104 valence electrons. The number of rotatable bonds is 6. The van der Waals surface area contributed by atoms with Crippen molar-refractivity contribution in [1.82, 2.24) is 19.9 Å². The molecule has 1 aliphatic carbocycles. The molecular weight excluding hydrogens is 256 g/mol. The van der Waals surface area contributed by atoms with Crippen LogP contribution in [-0.4, -0.2) is 43.6 Å². The van der Waals surface area contributed by atoms with Gasteiger partial charge in [-0.15, -0.1) is 0 Å². The van der Waals surface area contributed by atoms with Crippen molar-refractivity contribution in [1.29, 1.82) is 0 Å². The van der Waals surface area contributed by atoms with Gasteiger partial charge in [-0.1, -0.05) is 18.2 Å². The Hall–Kier alpha value is -2.21. The normalized spacial score (nSPS) is 14.7. The molecule has 0 amide bonds. The van der Waals surface area contributed by atoms with Gasteiger partial charge in [-0.25, -0.2) is 0 Å². The average Bonchev–Trinajstić information content (AvgIpc) is 3.19. The minimum Gasteiger partial charge on any atom is -0.480 e. The van der Waals surface area contributed by atoms with Crippen LogP contribution in [0.1, 0.15) is 18.5 Å². The Kier molecular flexibility index (Phi) is 3.47. The Bertz CT molecular complexity index is 592. The fourth-order valence-electron chi connectivity index (χ4n) is 2.19. The first-order chi connectivity index (χ1) is 9.72. The van der Waals surface area contributed by atoms with Gasteiger partial charge >= 0.3 is 5.97 Å². The minimum atomic E-state index is -0.799. The summed E-state index contributed by atoms with van der Waals surface area (Å²) in [7, 11) is 0. The molecule has 2 aromatic rings. The van der Waals surface area contributed by atoms with Gasteiger partial charge in [0, 0.05) is 12.6 Å².